The van der Waals surface area contributed by atoms with Gasteiger partial charge in [-0.25, -0.2) is 0 Å². The molecule has 3 atom stereocenters. The second-order valence-corrected chi connectivity index (χ2v) is 18.3. The minimum atomic E-state index is -1.51. The number of amides is 1. The summed E-state index contributed by atoms with van der Waals surface area (Å²) in [6.45, 7) is 11.9. The van der Waals surface area contributed by atoms with Crippen LogP contribution in [0.2, 0.25) is 38.3 Å². The van der Waals surface area contributed by atoms with Gasteiger partial charge in [-0.3, -0.25) is 9.79 Å². The standard InChI is InChI=1S/C19H31N3OSi2/c1-15(16-10-8-7-9-11-16)21-17(14-20-2)18(19(21)23)22-24(3,4)12-13-25(22,5)6/h7-11,14-15,17-18H,12-13H2,1-6H3/t15-,17-,18-/m1/s1. The molecule has 4 nitrogen and oxygen atoms in total. The van der Waals surface area contributed by atoms with Crippen LogP contribution in [-0.4, -0.2) is 56.9 Å². The molecule has 2 fully saturated rings. The summed E-state index contributed by atoms with van der Waals surface area (Å²) in [6.07, 6.45) is 2.00. The molecule has 6 heteroatoms. The Morgan fingerprint density at radius 3 is 2.20 bits per heavy atom. The zero-order valence-electron chi connectivity index (χ0n) is 16.4. The second kappa shape index (κ2) is 6.48. The van der Waals surface area contributed by atoms with Crippen molar-refractivity contribution < 1.29 is 4.79 Å². The number of nitrogens with zero attached hydrogens (tertiary/aromatic N) is 3. The molecular formula is C19H31N3OSi2. The molecule has 1 amide bonds. The van der Waals surface area contributed by atoms with Crippen LogP contribution in [0, 0.1) is 0 Å². The molecule has 1 aromatic carbocycles. The van der Waals surface area contributed by atoms with Crippen LogP contribution in [0.5, 0.6) is 0 Å². The molecule has 3 rings (SSSR count). The highest BCUT2D eigenvalue weighted by molar-refractivity contribution is 6.95. The van der Waals surface area contributed by atoms with Gasteiger partial charge in [-0.05, 0) is 24.6 Å². The van der Waals surface area contributed by atoms with Crippen molar-refractivity contribution >= 4 is 28.6 Å². The third-order valence-electron chi connectivity index (χ3n) is 6.08. The zero-order valence-corrected chi connectivity index (χ0v) is 18.4. The van der Waals surface area contributed by atoms with Gasteiger partial charge in [0.15, 0.2) is 0 Å². The zero-order chi connectivity index (χ0) is 18.4. The minimum absolute atomic E-state index is 0.0145. The van der Waals surface area contributed by atoms with Crippen LogP contribution in [0.25, 0.3) is 0 Å². The molecule has 0 N–H and O–H groups in total. The van der Waals surface area contributed by atoms with Gasteiger partial charge < -0.3 is 9.13 Å². The van der Waals surface area contributed by atoms with Gasteiger partial charge in [0.2, 0.25) is 5.91 Å². The van der Waals surface area contributed by atoms with E-state index in [1.807, 2.05) is 36.4 Å². The Hall–Kier alpha value is -1.25. The van der Waals surface area contributed by atoms with Gasteiger partial charge in [-0.2, -0.15) is 0 Å². The maximum atomic E-state index is 13.3. The number of likely N-dealkylation sites (tertiary alicyclic amines) is 1. The fourth-order valence-electron chi connectivity index (χ4n) is 4.85. The summed E-state index contributed by atoms with van der Waals surface area (Å²) in [6, 6.07) is 13.2. The van der Waals surface area contributed by atoms with Crippen LogP contribution in [0.1, 0.15) is 18.5 Å². The van der Waals surface area contributed by atoms with E-state index in [9.17, 15) is 4.79 Å². The van der Waals surface area contributed by atoms with Gasteiger partial charge >= 0.3 is 0 Å². The highest BCUT2D eigenvalue weighted by Crippen LogP contribution is 2.44. The summed E-state index contributed by atoms with van der Waals surface area (Å²) >= 11 is 0. The number of aliphatic imine (C=N–C) groups is 1. The predicted octanol–water partition coefficient (Wildman–Crippen LogP) is 3.75. The Bertz CT molecular complexity index is 659. The van der Waals surface area contributed by atoms with Crippen LogP contribution in [-0.2, 0) is 4.79 Å². The van der Waals surface area contributed by atoms with Crippen LogP contribution in [0.15, 0.2) is 35.3 Å². The first kappa shape index (κ1) is 18.5. The maximum Gasteiger partial charge on any atom is 0.242 e. The highest BCUT2D eigenvalue weighted by atomic mass is 28.4. The van der Waals surface area contributed by atoms with E-state index in [1.54, 1.807) is 0 Å². The molecule has 0 unspecified atom stereocenters. The van der Waals surface area contributed by atoms with Gasteiger partial charge in [-0.1, -0.05) is 56.5 Å². The molecule has 2 aliphatic rings. The van der Waals surface area contributed by atoms with E-state index >= 15 is 0 Å². The molecule has 2 saturated heterocycles. The Balaban J connectivity index is 1.92. The molecule has 0 bridgehead atoms. The van der Waals surface area contributed by atoms with E-state index in [1.165, 1.54) is 17.7 Å². The smallest absolute Gasteiger partial charge is 0.242 e. The summed E-state index contributed by atoms with van der Waals surface area (Å²) in [5, 5.41) is 0. The van der Waals surface area contributed by atoms with Crippen molar-refractivity contribution in [2.75, 3.05) is 7.05 Å². The Labute approximate surface area is 154 Å². The molecule has 0 saturated carbocycles. The number of hydrogen-bond acceptors (Lipinski definition) is 3. The van der Waals surface area contributed by atoms with Crippen LogP contribution in [0.4, 0.5) is 0 Å². The monoisotopic (exact) mass is 373 g/mol. The highest BCUT2D eigenvalue weighted by Gasteiger charge is 2.60. The van der Waals surface area contributed by atoms with E-state index in [0.717, 1.165) is 0 Å². The first-order valence-corrected chi connectivity index (χ1v) is 15.6. The van der Waals surface area contributed by atoms with E-state index in [4.69, 9.17) is 0 Å². The summed E-state index contributed by atoms with van der Waals surface area (Å²) in [7, 11) is -1.20. The molecule has 2 aliphatic heterocycles. The molecule has 136 valence electrons. The average molecular weight is 374 g/mol. The number of carbonyl (C=O) groups excluding carboxylic acids is 1. The number of benzene rings is 1. The predicted molar refractivity (Wildman–Crippen MR) is 110 cm³/mol. The van der Waals surface area contributed by atoms with Gasteiger partial charge in [-0.15, -0.1) is 0 Å². The number of rotatable bonds is 4. The summed E-state index contributed by atoms with van der Waals surface area (Å²) in [5.74, 6) is 0.296. The molecule has 0 radical (unpaired) electrons. The lowest BCUT2D eigenvalue weighted by atomic mass is 9.92. The fourth-order valence-corrected chi connectivity index (χ4v) is 19.5. The number of carbonyl (C=O) groups is 1. The summed E-state index contributed by atoms with van der Waals surface area (Å²) in [5.41, 5.74) is 1.19. The quantitative estimate of drug-likeness (QED) is 0.458. The molecular weight excluding hydrogens is 342 g/mol. The Morgan fingerprint density at radius 2 is 1.68 bits per heavy atom. The molecule has 0 aromatic heterocycles. The first-order valence-electron chi connectivity index (χ1n) is 9.29. The molecule has 0 spiro atoms. The SMILES string of the molecule is CN=C[C@@H]1[C@@H](N2[Si](C)(C)CC[Si]2(C)C)C(=O)N1[C@H](C)c1ccccc1. The van der Waals surface area contributed by atoms with Crippen molar-refractivity contribution in [3.05, 3.63) is 35.9 Å². The van der Waals surface area contributed by atoms with E-state index in [0.29, 0.717) is 5.91 Å². The molecule has 0 aliphatic carbocycles. The lowest BCUT2D eigenvalue weighted by Gasteiger charge is -2.57. The van der Waals surface area contributed by atoms with Crippen molar-refractivity contribution in [2.24, 2.45) is 4.99 Å². The summed E-state index contributed by atoms with van der Waals surface area (Å²) in [4.78, 5) is 19.7. The Kier molecular flexibility index (Phi) is 4.81. The largest absolute Gasteiger partial charge is 0.333 e. The van der Waals surface area contributed by atoms with Crippen molar-refractivity contribution in [2.45, 2.75) is 63.3 Å². The van der Waals surface area contributed by atoms with E-state index < -0.39 is 16.5 Å². The molecule has 2 heterocycles. The molecule has 25 heavy (non-hydrogen) atoms. The van der Waals surface area contributed by atoms with Crippen LogP contribution < -0.4 is 0 Å². The average Bonchev–Trinajstić information content (AvgIpc) is 2.78. The lowest BCUT2D eigenvalue weighted by Crippen LogP contribution is -2.77. The second-order valence-electron chi connectivity index (χ2n) is 8.67. The van der Waals surface area contributed by atoms with E-state index in [-0.39, 0.29) is 18.1 Å². The van der Waals surface area contributed by atoms with Gasteiger partial charge in [0.25, 0.3) is 0 Å². The van der Waals surface area contributed by atoms with Crippen molar-refractivity contribution in [1.82, 2.24) is 9.13 Å². The lowest BCUT2D eigenvalue weighted by molar-refractivity contribution is -0.152. The third-order valence-corrected chi connectivity index (χ3v) is 16.3. The van der Waals surface area contributed by atoms with Gasteiger partial charge in [0, 0.05) is 13.3 Å². The number of β-lactam (4-membered cyclic amide) rings is 1. The normalized spacial score (nSPS) is 29.8. The topological polar surface area (TPSA) is 35.9 Å². The minimum Gasteiger partial charge on any atom is -0.333 e. The van der Waals surface area contributed by atoms with Gasteiger partial charge in [0.1, 0.15) is 22.5 Å². The van der Waals surface area contributed by atoms with E-state index in [2.05, 4.69) is 54.5 Å². The van der Waals surface area contributed by atoms with Crippen molar-refractivity contribution in [3.63, 3.8) is 0 Å². The number of hydrogen-bond donors (Lipinski definition) is 0. The maximum absolute atomic E-state index is 13.3. The van der Waals surface area contributed by atoms with Crippen LogP contribution in [0.3, 0.4) is 0 Å². The fraction of sp³-hybridized carbons (Fsp3) is 0.579. The van der Waals surface area contributed by atoms with Crippen LogP contribution >= 0.6 is 0 Å². The summed E-state index contributed by atoms with van der Waals surface area (Å²) < 4.78 is 2.73. The van der Waals surface area contributed by atoms with Crippen molar-refractivity contribution in [3.8, 4) is 0 Å². The Morgan fingerprint density at radius 1 is 1.12 bits per heavy atom. The van der Waals surface area contributed by atoms with Crippen molar-refractivity contribution in [1.29, 1.82) is 0 Å². The third kappa shape index (κ3) is 3.04. The molecule has 1 aromatic rings. The first-order chi connectivity index (χ1) is 11.7. The van der Waals surface area contributed by atoms with Gasteiger partial charge in [0.05, 0.1) is 12.1 Å².